The Morgan fingerprint density at radius 2 is 2.00 bits per heavy atom. The van der Waals surface area contributed by atoms with Gasteiger partial charge in [0.25, 0.3) is 11.8 Å². The summed E-state index contributed by atoms with van der Waals surface area (Å²) < 4.78 is 0. The van der Waals surface area contributed by atoms with E-state index in [-0.39, 0.29) is 23.6 Å². The molecule has 1 aliphatic rings. The fourth-order valence-corrected chi connectivity index (χ4v) is 3.00. The molecular formula is C19H25N5O2. The number of carbonyl (C=O) groups is 2. The zero-order chi connectivity index (χ0) is 18.7. The van der Waals surface area contributed by atoms with Crippen molar-refractivity contribution >= 4 is 17.5 Å². The molecule has 1 aliphatic heterocycles. The molecule has 7 nitrogen and oxygen atoms in total. The number of carbonyl (C=O) groups excluding carboxylic acids is 2. The van der Waals surface area contributed by atoms with E-state index in [9.17, 15) is 9.59 Å². The van der Waals surface area contributed by atoms with Crippen LogP contribution in [0.1, 0.15) is 48.9 Å². The summed E-state index contributed by atoms with van der Waals surface area (Å²) in [6.45, 7) is 7.11. The van der Waals surface area contributed by atoms with Crippen LogP contribution >= 0.6 is 0 Å². The molecule has 1 aromatic heterocycles. The third kappa shape index (κ3) is 4.04. The Hall–Kier alpha value is -2.83. The SMILES string of the molecule is CC(C)(C)c1cc(C(=O)NNC(=O)CN2CCCc3ccccc32)n[nH]1. The van der Waals surface area contributed by atoms with E-state index in [0.29, 0.717) is 0 Å². The van der Waals surface area contributed by atoms with Crippen LogP contribution < -0.4 is 15.8 Å². The molecule has 0 unspecified atom stereocenters. The number of aromatic nitrogens is 2. The number of hydrogen-bond acceptors (Lipinski definition) is 4. The molecule has 2 amide bonds. The largest absolute Gasteiger partial charge is 0.362 e. The second-order valence-corrected chi connectivity index (χ2v) is 7.57. The van der Waals surface area contributed by atoms with Crippen LogP contribution in [0.3, 0.4) is 0 Å². The summed E-state index contributed by atoms with van der Waals surface area (Å²) in [5.41, 5.74) is 8.22. The van der Waals surface area contributed by atoms with E-state index in [0.717, 1.165) is 30.8 Å². The first-order valence-electron chi connectivity index (χ1n) is 8.82. The van der Waals surface area contributed by atoms with Gasteiger partial charge in [0.05, 0.1) is 6.54 Å². The quantitative estimate of drug-likeness (QED) is 0.734. The minimum atomic E-state index is -0.441. The maximum Gasteiger partial charge on any atom is 0.290 e. The first-order valence-corrected chi connectivity index (χ1v) is 8.82. The molecule has 3 N–H and O–H groups in total. The molecule has 0 bridgehead atoms. The highest BCUT2D eigenvalue weighted by Crippen LogP contribution is 2.26. The van der Waals surface area contributed by atoms with Crippen molar-refractivity contribution in [3.05, 3.63) is 47.3 Å². The van der Waals surface area contributed by atoms with Gasteiger partial charge in [-0.1, -0.05) is 39.0 Å². The zero-order valence-electron chi connectivity index (χ0n) is 15.4. The van der Waals surface area contributed by atoms with Crippen LogP contribution in [0.5, 0.6) is 0 Å². The fraction of sp³-hybridized carbons (Fsp3) is 0.421. The summed E-state index contributed by atoms with van der Waals surface area (Å²) in [5.74, 6) is -0.703. The molecule has 0 spiro atoms. The number of benzene rings is 1. The van der Waals surface area contributed by atoms with Crippen LogP contribution in [-0.4, -0.2) is 35.1 Å². The van der Waals surface area contributed by atoms with Crippen LogP contribution in [0.15, 0.2) is 30.3 Å². The Balaban J connectivity index is 1.55. The number of amides is 2. The minimum absolute atomic E-state index is 0.129. The standard InChI is InChI=1S/C19H25N5O2/c1-19(2,3)16-11-14(20-21-16)18(26)23-22-17(25)12-24-10-6-8-13-7-4-5-9-15(13)24/h4-5,7,9,11H,6,8,10,12H2,1-3H3,(H,20,21)(H,22,25)(H,23,26). The highest BCUT2D eigenvalue weighted by atomic mass is 16.2. The fourth-order valence-electron chi connectivity index (χ4n) is 3.00. The van der Waals surface area contributed by atoms with E-state index in [1.165, 1.54) is 5.56 Å². The van der Waals surface area contributed by atoms with Gasteiger partial charge in [-0.25, -0.2) is 0 Å². The molecule has 26 heavy (non-hydrogen) atoms. The van der Waals surface area contributed by atoms with Gasteiger partial charge in [-0.15, -0.1) is 0 Å². The summed E-state index contributed by atoms with van der Waals surface area (Å²) in [5, 5.41) is 6.87. The molecule has 2 aromatic rings. The van der Waals surface area contributed by atoms with Crippen molar-refractivity contribution in [3.8, 4) is 0 Å². The first-order chi connectivity index (χ1) is 12.3. The zero-order valence-corrected chi connectivity index (χ0v) is 15.4. The Labute approximate surface area is 153 Å². The monoisotopic (exact) mass is 355 g/mol. The van der Waals surface area contributed by atoms with E-state index >= 15 is 0 Å². The van der Waals surface area contributed by atoms with Gasteiger partial charge in [-0.05, 0) is 30.5 Å². The lowest BCUT2D eigenvalue weighted by atomic mass is 9.92. The second-order valence-electron chi connectivity index (χ2n) is 7.57. The number of anilines is 1. The van der Waals surface area contributed by atoms with Crippen molar-refractivity contribution < 1.29 is 9.59 Å². The lowest BCUT2D eigenvalue weighted by Gasteiger charge is -2.30. The number of rotatable bonds is 3. The number of hydrazine groups is 1. The van der Waals surface area contributed by atoms with Crippen LogP contribution in [0.25, 0.3) is 0 Å². The molecular weight excluding hydrogens is 330 g/mol. The average Bonchev–Trinajstić information content (AvgIpc) is 3.11. The van der Waals surface area contributed by atoms with Crippen molar-refractivity contribution in [1.82, 2.24) is 21.0 Å². The van der Waals surface area contributed by atoms with Gasteiger partial charge >= 0.3 is 0 Å². The first kappa shape index (κ1) is 18.0. The number of hydrogen-bond donors (Lipinski definition) is 3. The Bertz CT molecular complexity index is 806. The number of aromatic amines is 1. The van der Waals surface area contributed by atoms with Gasteiger partial charge in [0.15, 0.2) is 5.69 Å². The topological polar surface area (TPSA) is 90.1 Å². The van der Waals surface area contributed by atoms with Crippen molar-refractivity contribution in [2.24, 2.45) is 0 Å². The van der Waals surface area contributed by atoms with Crippen LogP contribution in [0.2, 0.25) is 0 Å². The van der Waals surface area contributed by atoms with Gasteiger partial charge in [0.1, 0.15) is 0 Å². The van der Waals surface area contributed by atoms with E-state index in [1.54, 1.807) is 6.07 Å². The number of nitrogens with zero attached hydrogens (tertiary/aromatic N) is 2. The van der Waals surface area contributed by atoms with Gasteiger partial charge < -0.3 is 4.90 Å². The Morgan fingerprint density at radius 3 is 2.73 bits per heavy atom. The lowest BCUT2D eigenvalue weighted by Crippen LogP contribution is -2.47. The average molecular weight is 355 g/mol. The van der Waals surface area contributed by atoms with Crippen LogP contribution in [-0.2, 0) is 16.6 Å². The number of aryl methyl sites for hydroxylation is 1. The highest BCUT2D eigenvalue weighted by Gasteiger charge is 2.21. The Morgan fingerprint density at radius 1 is 1.23 bits per heavy atom. The van der Waals surface area contributed by atoms with Gasteiger partial charge in [0, 0.05) is 23.3 Å². The molecule has 0 saturated carbocycles. The summed E-state index contributed by atoms with van der Waals surface area (Å²) in [4.78, 5) is 26.4. The van der Waals surface area contributed by atoms with Crippen molar-refractivity contribution in [2.75, 3.05) is 18.0 Å². The van der Waals surface area contributed by atoms with E-state index in [4.69, 9.17) is 0 Å². The molecule has 0 fully saturated rings. The minimum Gasteiger partial charge on any atom is -0.362 e. The van der Waals surface area contributed by atoms with E-state index < -0.39 is 5.91 Å². The number of nitrogens with one attached hydrogen (secondary N) is 3. The number of fused-ring (bicyclic) bond motifs is 1. The van der Waals surface area contributed by atoms with Gasteiger partial charge in [-0.2, -0.15) is 5.10 Å². The predicted molar refractivity (Wildman–Crippen MR) is 99.9 cm³/mol. The Kier molecular flexibility index (Phi) is 4.97. The van der Waals surface area contributed by atoms with Crippen molar-refractivity contribution in [1.29, 1.82) is 0 Å². The molecule has 0 aliphatic carbocycles. The molecule has 0 atom stereocenters. The third-order valence-corrected chi connectivity index (χ3v) is 4.47. The maximum absolute atomic E-state index is 12.2. The summed E-state index contributed by atoms with van der Waals surface area (Å²) in [7, 11) is 0. The summed E-state index contributed by atoms with van der Waals surface area (Å²) >= 11 is 0. The van der Waals surface area contributed by atoms with Crippen LogP contribution in [0, 0.1) is 0 Å². The molecule has 0 radical (unpaired) electrons. The lowest BCUT2D eigenvalue weighted by molar-refractivity contribution is -0.120. The van der Waals surface area contributed by atoms with Gasteiger partial charge in [-0.3, -0.25) is 25.5 Å². The van der Waals surface area contributed by atoms with Crippen LogP contribution in [0.4, 0.5) is 5.69 Å². The van der Waals surface area contributed by atoms with E-state index in [2.05, 4.69) is 27.1 Å². The second kappa shape index (κ2) is 7.19. The molecule has 2 heterocycles. The summed E-state index contributed by atoms with van der Waals surface area (Å²) in [6, 6.07) is 9.80. The maximum atomic E-state index is 12.2. The normalized spacial score (nSPS) is 13.9. The molecule has 7 heteroatoms. The van der Waals surface area contributed by atoms with E-state index in [1.807, 2.05) is 43.9 Å². The smallest absolute Gasteiger partial charge is 0.290 e. The summed E-state index contributed by atoms with van der Waals surface area (Å²) in [6.07, 6.45) is 2.04. The van der Waals surface area contributed by atoms with Gasteiger partial charge in [0.2, 0.25) is 0 Å². The highest BCUT2D eigenvalue weighted by molar-refractivity contribution is 5.94. The number of para-hydroxylation sites is 1. The molecule has 1 aromatic carbocycles. The molecule has 138 valence electrons. The molecule has 0 saturated heterocycles. The van der Waals surface area contributed by atoms with Crippen molar-refractivity contribution in [2.45, 2.75) is 39.0 Å². The predicted octanol–water partition coefficient (Wildman–Crippen LogP) is 1.92. The van der Waals surface area contributed by atoms with Crippen molar-refractivity contribution in [3.63, 3.8) is 0 Å². The molecule has 3 rings (SSSR count). The number of H-pyrrole nitrogens is 1. The third-order valence-electron chi connectivity index (χ3n) is 4.47.